The number of hydrogen-bond donors (Lipinski definition) is 0. The zero-order chi connectivity index (χ0) is 17.9. The van der Waals surface area contributed by atoms with E-state index in [1.54, 1.807) is 0 Å². The van der Waals surface area contributed by atoms with Crippen molar-refractivity contribution in [2.24, 2.45) is 4.99 Å². The first-order valence-electron chi connectivity index (χ1n) is 9.34. The van der Waals surface area contributed by atoms with E-state index < -0.39 is 0 Å². The molecule has 0 aliphatic carbocycles. The maximum Gasteiger partial charge on any atom is 0.163 e. The van der Waals surface area contributed by atoms with Gasteiger partial charge in [-0.05, 0) is 62.1 Å². The summed E-state index contributed by atoms with van der Waals surface area (Å²) in [6.07, 6.45) is 6.67. The summed E-state index contributed by atoms with van der Waals surface area (Å²) in [5, 5.41) is 8.82. The molecule has 132 valence electrons. The zero-order valence-corrected chi connectivity index (χ0v) is 15.4. The predicted octanol–water partition coefficient (Wildman–Crippen LogP) is 5.04. The summed E-state index contributed by atoms with van der Waals surface area (Å²) in [5.74, 6) is 2.10. The summed E-state index contributed by atoms with van der Waals surface area (Å²) in [6.45, 7) is 5.23. The lowest BCUT2D eigenvalue weighted by Crippen LogP contribution is -2.02. The predicted molar refractivity (Wildman–Crippen MR) is 106 cm³/mol. The third-order valence-electron chi connectivity index (χ3n) is 5.02. The second-order valence-corrected chi connectivity index (χ2v) is 7.07. The van der Waals surface area contributed by atoms with Crippen molar-refractivity contribution in [3.05, 3.63) is 65.0 Å². The Labute approximate surface area is 154 Å². The molecule has 3 aromatic rings. The number of nitrogens with zero attached hydrogens (tertiary/aromatic N) is 4. The van der Waals surface area contributed by atoms with Gasteiger partial charge in [0.15, 0.2) is 5.82 Å². The number of rotatable bonds is 3. The average Bonchev–Trinajstić information content (AvgIpc) is 2.91. The Bertz CT molecular complexity index is 935. The molecule has 0 atom stereocenters. The number of hydrogen-bond acceptors (Lipinski definition) is 3. The second-order valence-electron chi connectivity index (χ2n) is 7.07. The molecule has 1 aliphatic heterocycles. The maximum atomic E-state index is 4.64. The van der Waals surface area contributed by atoms with Crippen LogP contribution in [0.4, 0.5) is 5.69 Å². The van der Waals surface area contributed by atoms with E-state index >= 15 is 0 Å². The second kappa shape index (κ2) is 7.24. The van der Waals surface area contributed by atoms with E-state index in [-0.39, 0.29) is 0 Å². The van der Waals surface area contributed by atoms with E-state index in [1.807, 2.05) is 6.21 Å². The molecule has 0 amide bonds. The Hall–Kier alpha value is -2.75. The van der Waals surface area contributed by atoms with E-state index in [1.165, 1.54) is 30.4 Å². The molecule has 26 heavy (non-hydrogen) atoms. The van der Waals surface area contributed by atoms with Gasteiger partial charge in [-0.15, -0.1) is 10.2 Å². The van der Waals surface area contributed by atoms with Crippen molar-refractivity contribution in [2.45, 2.75) is 46.1 Å². The van der Waals surface area contributed by atoms with Crippen LogP contribution in [0, 0.1) is 13.8 Å². The number of aromatic nitrogens is 3. The molecule has 4 rings (SSSR count). The highest BCUT2D eigenvalue weighted by Gasteiger charge is 2.15. The fourth-order valence-electron chi connectivity index (χ4n) is 3.44. The Morgan fingerprint density at radius 3 is 2.65 bits per heavy atom. The van der Waals surface area contributed by atoms with Gasteiger partial charge in [-0.3, -0.25) is 4.99 Å². The fraction of sp³-hybridized carbons (Fsp3) is 0.318. The first-order valence-corrected chi connectivity index (χ1v) is 9.34. The molecular weight excluding hydrogens is 320 g/mol. The van der Waals surface area contributed by atoms with Crippen molar-refractivity contribution in [2.75, 3.05) is 0 Å². The fourth-order valence-corrected chi connectivity index (χ4v) is 3.44. The van der Waals surface area contributed by atoms with E-state index in [0.29, 0.717) is 0 Å². The van der Waals surface area contributed by atoms with E-state index in [0.717, 1.165) is 41.4 Å². The molecule has 1 aromatic heterocycles. The molecule has 0 radical (unpaired) electrons. The Balaban J connectivity index is 1.57. The Morgan fingerprint density at radius 2 is 1.81 bits per heavy atom. The van der Waals surface area contributed by atoms with Gasteiger partial charge in [0, 0.05) is 24.7 Å². The summed E-state index contributed by atoms with van der Waals surface area (Å²) in [5.41, 5.74) is 5.71. The molecule has 4 nitrogen and oxygen atoms in total. The lowest BCUT2D eigenvalue weighted by molar-refractivity contribution is 0.636. The van der Waals surface area contributed by atoms with Gasteiger partial charge in [0.2, 0.25) is 0 Å². The zero-order valence-electron chi connectivity index (χ0n) is 15.4. The molecular formula is C22H24N4. The van der Waals surface area contributed by atoms with E-state index in [2.05, 4.69) is 76.1 Å². The number of benzene rings is 2. The van der Waals surface area contributed by atoms with Crippen molar-refractivity contribution >= 4 is 11.9 Å². The number of aryl methyl sites for hydroxylation is 3. The van der Waals surface area contributed by atoms with Gasteiger partial charge in [-0.25, -0.2) is 0 Å². The standard InChI is InChI=1S/C22H24N4/c1-16-7-8-17(2)19(14-16)15-23-20-11-9-18(10-12-20)22-25-24-21-6-4-3-5-13-26(21)22/h7-12,14-15H,3-6,13H2,1-2H3. The molecule has 0 N–H and O–H groups in total. The highest BCUT2D eigenvalue weighted by Crippen LogP contribution is 2.24. The summed E-state index contributed by atoms with van der Waals surface area (Å²) >= 11 is 0. The molecule has 0 saturated heterocycles. The lowest BCUT2D eigenvalue weighted by Gasteiger charge is -2.07. The highest BCUT2D eigenvalue weighted by atomic mass is 15.3. The van der Waals surface area contributed by atoms with Crippen LogP contribution < -0.4 is 0 Å². The van der Waals surface area contributed by atoms with Crippen molar-refractivity contribution in [1.29, 1.82) is 0 Å². The monoisotopic (exact) mass is 344 g/mol. The summed E-state index contributed by atoms with van der Waals surface area (Å²) in [6, 6.07) is 14.7. The van der Waals surface area contributed by atoms with Gasteiger partial charge < -0.3 is 4.57 Å². The molecule has 1 aliphatic rings. The topological polar surface area (TPSA) is 43.1 Å². The SMILES string of the molecule is Cc1ccc(C)c(C=Nc2ccc(-c3nnc4n3CCCCC4)cc2)c1. The molecule has 2 aromatic carbocycles. The van der Waals surface area contributed by atoms with Gasteiger partial charge in [-0.1, -0.05) is 30.2 Å². The molecule has 0 bridgehead atoms. The minimum Gasteiger partial charge on any atom is -0.311 e. The largest absolute Gasteiger partial charge is 0.311 e. The van der Waals surface area contributed by atoms with Crippen LogP contribution in [0.25, 0.3) is 11.4 Å². The van der Waals surface area contributed by atoms with Gasteiger partial charge in [0.25, 0.3) is 0 Å². The van der Waals surface area contributed by atoms with Crippen LogP contribution in [0.3, 0.4) is 0 Å². The molecule has 4 heteroatoms. The van der Waals surface area contributed by atoms with E-state index in [9.17, 15) is 0 Å². The Kier molecular flexibility index (Phi) is 4.65. The normalized spacial score (nSPS) is 14.4. The van der Waals surface area contributed by atoms with Crippen LogP contribution in [0.15, 0.2) is 47.5 Å². The quantitative estimate of drug-likeness (QED) is 0.625. The number of fused-ring (bicyclic) bond motifs is 1. The Morgan fingerprint density at radius 1 is 0.962 bits per heavy atom. The van der Waals surface area contributed by atoms with Gasteiger partial charge >= 0.3 is 0 Å². The molecule has 0 unspecified atom stereocenters. The van der Waals surface area contributed by atoms with Crippen LogP contribution >= 0.6 is 0 Å². The van der Waals surface area contributed by atoms with Crippen molar-refractivity contribution in [1.82, 2.24) is 14.8 Å². The van der Waals surface area contributed by atoms with Gasteiger partial charge in [0.1, 0.15) is 5.82 Å². The smallest absolute Gasteiger partial charge is 0.163 e. The van der Waals surface area contributed by atoms with Crippen LogP contribution in [0.5, 0.6) is 0 Å². The van der Waals surface area contributed by atoms with Crippen molar-refractivity contribution < 1.29 is 0 Å². The third kappa shape index (κ3) is 3.45. The third-order valence-corrected chi connectivity index (χ3v) is 5.02. The maximum absolute atomic E-state index is 4.64. The molecule has 0 spiro atoms. The molecule has 2 heterocycles. The van der Waals surface area contributed by atoms with Gasteiger partial charge in [0.05, 0.1) is 5.69 Å². The van der Waals surface area contributed by atoms with Crippen molar-refractivity contribution in [3.8, 4) is 11.4 Å². The highest BCUT2D eigenvalue weighted by molar-refractivity contribution is 5.84. The molecule has 0 fully saturated rings. The lowest BCUT2D eigenvalue weighted by atomic mass is 10.1. The van der Waals surface area contributed by atoms with Crippen molar-refractivity contribution in [3.63, 3.8) is 0 Å². The van der Waals surface area contributed by atoms with Crippen LogP contribution in [-0.4, -0.2) is 21.0 Å². The van der Waals surface area contributed by atoms with Gasteiger partial charge in [-0.2, -0.15) is 0 Å². The summed E-state index contributed by atoms with van der Waals surface area (Å²) < 4.78 is 2.28. The van der Waals surface area contributed by atoms with E-state index in [4.69, 9.17) is 0 Å². The summed E-state index contributed by atoms with van der Waals surface area (Å²) in [4.78, 5) is 4.64. The minimum absolute atomic E-state index is 0.949. The average molecular weight is 344 g/mol. The minimum atomic E-state index is 0.949. The number of aliphatic imine (C=N–C) groups is 1. The first-order chi connectivity index (χ1) is 12.7. The van der Waals surface area contributed by atoms with Crippen LogP contribution in [-0.2, 0) is 13.0 Å². The van der Waals surface area contributed by atoms with Crippen LogP contribution in [0.2, 0.25) is 0 Å². The summed E-state index contributed by atoms with van der Waals surface area (Å²) in [7, 11) is 0. The first kappa shape index (κ1) is 16.7. The van der Waals surface area contributed by atoms with Crippen LogP contribution in [0.1, 0.15) is 41.8 Å². The molecule has 0 saturated carbocycles.